The molecule has 1 aromatic rings. The van der Waals surface area contributed by atoms with E-state index in [1.807, 2.05) is 0 Å². The quantitative estimate of drug-likeness (QED) is 0.869. The van der Waals surface area contributed by atoms with Gasteiger partial charge in [-0.15, -0.1) is 0 Å². The van der Waals surface area contributed by atoms with Crippen LogP contribution in [0.3, 0.4) is 0 Å². The highest BCUT2D eigenvalue weighted by molar-refractivity contribution is 5.42. The van der Waals surface area contributed by atoms with Crippen molar-refractivity contribution >= 4 is 0 Å². The van der Waals surface area contributed by atoms with E-state index in [1.165, 1.54) is 16.2 Å². The van der Waals surface area contributed by atoms with E-state index in [1.54, 1.807) is 0 Å². The van der Waals surface area contributed by atoms with E-state index in [2.05, 4.69) is 84.7 Å². The molecule has 0 saturated carbocycles. The van der Waals surface area contributed by atoms with Gasteiger partial charge in [0.05, 0.1) is 16.6 Å². The average Bonchev–Trinajstić information content (AvgIpc) is 2.73. The molecule has 0 aromatic heterocycles. The third-order valence-electron chi connectivity index (χ3n) is 6.09. The van der Waals surface area contributed by atoms with Gasteiger partial charge in [-0.2, -0.15) is 10.1 Å². The largest absolute Gasteiger partial charge is 0.313 e. The number of fused-ring (bicyclic) bond motifs is 1. The number of benzene rings is 1. The lowest BCUT2D eigenvalue weighted by Crippen LogP contribution is -2.53. The van der Waals surface area contributed by atoms with Crippen LogP contribution in [0.15, 0.2) is 24.3 Å². The molecule has 2 aliphatic heterocycles. The van der Waals surface area contributed by atoms with Crippen molar-refractivity contribution in [2.24, 2.45) is 0 Å². The molecule has 1 saturated heterocycles. The van der Waals surface area contributed by atoms with Gasteiger partial charge in [0, 0.05) is 5.54 Å². The Bertz CT molecular complexity index is 614. The summed E-state index contributed by atoms with van der Waals surface area (Å²) in [7, 11) is 0. The van der Waals surface area contributed by atoms with E-state index < -0.39 is 5.54 Å². The Balaban J connectivity index is 1.97. The summed E-state index contributed by atoms with van der Waals surface area (Å²) in [5, 5.41) is 14.2. The van der Waals surface area contributed by atoms with Crippen LogP contribution in [-0.4, -0.2) is 32.5 Å². The highest BCUT2D eigenvalue weighted by Gasteiger charge is 2.57. The van der Waals surface area contributed by atoms with Gasteiger partial charge in [-0.3, -0.25) is 4.84 Å². The predicted molar refractivity (Wildman–Crippen MR) is 95.6 cm³/mol. The molecule has 2 heterocycles. The Kier molecular flexibility index (Phi) is 3.75. The molecule has 24 heavy (non-hydrogen) atoms. The van der Waals surface area contributed by atoms with Crippen molar-refractivity contribution < 1.29 is 10.0 Å². The fourth-order valence-electron chi connectivity index (χ4n) is 4.73. The van der Waals surface area contributed by atoms with Crippen LogP contribution in [-0.2, 0) is 15.9 Å². The van der Waals surface area contributed by atoms with Crippen molar-refractivity contribution in [3.05, 3.63) is 35.4 Å². The monoisotopic (exact) mass is 332 g/mol. The summed E-state index contributed by atoms with van der Waals surface area (Å²) >= 11 is 0. The van der Waals surface area contributed by atoms with Crippen LogP contribution in [0.2, 0.25) is 0 Å². The van der Waals surface area contributed by atoms with Gasteiger partial charge in [-0.05, 0) is 72.9 Å². The van der Waals surface area contributed by atoms with Crippen LogP contribution in [0.4, 0.5) is 0 Å². The van der Waals surface area contributed by atoms with Crippen molar-refractivity contribution in [2.45, 2.75) is 90.1 Å². The number of hydrogen-bond donors (Lipinski definition) is 1. The molecule has 0 spiro atoms. The van der Waals surface area contributed by atoms with Gasteiger partial charge in [0.1, 0.15) is 6.10 Å². The van der Waals surface area contributed by atoms with Crippen LogP contribution >= 0.6 is 0 Å². The highest BCUT2D eigenvalue weighted by atomic mass is 16.7. The Labute approximate surface area is 146 Å². The van der Waals surface area contributed by atoms with E-state index in [9.17, 15) is 5.21 Å². The van der Waals surface area contributed by atoms with Gasteiger partial charge in [0.2, 0.25) is 0 Å². The lowest BCUT2D eigenvalue weighted by Gasteiger charge is -2.44. The first-order chi connectivity index (χ1) is 10.8. The summed E-state index contributed by atoms with van der Waals surface area (Å²) in [4.78, 5) is 6.64. The summed E-state index contributed by atoms with van der Waals surface area (Å²) in [5.41, 5.74) is 1.45. The normalized spacial score (nSPS) is 30.5. The van der Waals surface area contributed by atoms with Crippen molar-refractivity contribution in [1.82, 2.24) is 10.1 Å². The maximum absolute atomic E-state index is 10.6. The average molecular weight is 332 g/mol. The summed E-state index contributed by atoms with van der Waals surface area (Å²) in [6.45, 7) is 17.1. The zero-order chi connectivity index (χ0) is 18.1. The Morgan fingerprint density at radius 2 is 1.38 bits per heavy atom. The number of hydrogen-bond acceptors (Lipinski definition) is 4. The molecule has 1 atom stereocenters. The SMILES string of the molecule is CC1(C)CC(ON2C(C)(C)c3ccccc3C2(C)C)C(C)(C)N1O. The zero-order valence-corrected chi connectivity index (χ0v) is 16.3. The molecule has 1 fully saturated rings. The highest BCUT2D eigenvalue weighted by Crippen LogP contribution is 2.51. The molecule has 0 aliphatic carbocycles. The summed E-state index contributed by atoms with van der Waals surface area (Å²) in [6.07, 6.45) is 0.709. The first-order valence-electron chi connectivity index (χ1n) is 8.89. The summed E-state index contributed by atoms with van der Waals surface area (Å²) in [6, 6.07) is 8.58. The first-order valence-corrected chi connectivity index (χ1v) is 8.89. The summed E-state index contributed by atoms with van der Waals surface area (Å²) < 4.78 is 0. The third-order valence-corrected chi connectivity index (χ3v) is 6.09. The van der Waals surface area contributed by atoms with Crippen LogP contribution in [0.25, 0.3) is 0 Å². The van der Waals surface area contributed by atoms with Crippen molar-refractivity contribution in [3.8, 4) is 0 Å². The van der Waals surface area contributed by atoms with Crippen molar-refractivity contribution in [2.75, 3.05) is 0 Å². The minimum atomic E-state index is -0.440. The molecule has 3 rings (SSSR count). The van der Waals surface area contributed by atoms with E-state index in [0.29, 0.717) is 0 Å². The first kappa shape index (κ1) is 17.9. The van der Waals surface area contributed by atoms with Gasteiger partial charge >= 0.3 is 0 Å². The van der Waals surface area contributed by atoms with Gasteiger partial charge in [-0.25, -0.2) is 0 Å². The predicted octanol–water partition coefficient (Wildman–Crippen LogP) is 4.42. The van der Waals surface area contributed by atoms with E-state index >= 15 is 0 Å². The van der Waals surface area contributed by atoms with E-state index in [0.717, 1.165) is 6.42 Å². The van der Waals surface area contributed by atoms with Gasteiger partial charge < -0.3 is 5.21 Å². The second-order valence-corrected chi connectivity index (χ2v) is 9.53. The Morgan fingerprint density at radius 3 is 1.75 bits per heavy atom. The maximum Gasteiger partial charge on any atom is 0.101 e. The van der Waals surface area contributed by atoms with Crippen LogP contribution < -0.4 is 0 Å². The molecule has 2 aliphatic rings. The second-order valence-electron chi connectivity index (χ2n) is 9.53. The topological polar surface area (TPSA) is 35.9 Å². The molecule has 4 nitrogen and oxygen atoms in total. The van der Waals surface area contributed by atoms with Crippen molar-refractivity contribution in [1.29, 1.82) is 0 Å². The maximum atomic E-state index is 10.6. The molecule has 134 valence electrons. The fourth-order valence-corrected chi connectivity index (χ4v) is 4.73. The number of hydroxylamine groups is 4. The Hall–Kier alpha value is -0.940. The molecule has 1 aromatic carbocycles. The molecule has 0 bridgehead atoms. The fraction of sp³-hybridized carbons (Fsp3) is 0.700. The smallest absolute Gasteiger partial charge is 0.101 e. The molecular formula is C20H32N2O2. The molecular weight excluding hydrogens is 300 g/mol. The van der Waals surface area contributed by atoms with E-state index in [4.69, 9.17) is 4.84 Å². The minimum absolute atomic E-state index is 0.0784. The Morgan fingerprint density at radius 1 is 0.917 bits per heavy atom. The lowest BCUT2D eigenvalue weighted by molar-refractivity contribution is -0.307. The molecule has 0 radical (unpaired) electrons. The number of rotatable bonds is 2. The third kappa shape index (κ3) is 2.27. The van der Waals surface area contributed by atoms with Gasteiger partial charge in [-0.1, -0.05) is 24.3 Å². The molecule has 1 N–H and O–H groups in total. The van der Waals surface area contributed by atoms with Gasteiger partial charge in [0.15, 0.2) is 0 Å². The molecule has 4 heteroatoms. The minimum Gasteiger partial charge on any atom is -0.313 e. The van der Waals surface area contributed by atoms with Crippen LogP contribution in [0, 0.1) is 0 Å². The zero-order valence-electron chi connectivity index (χ0n) is 16.3. The molecule has 1 unspecified atom stereocenters. The number of nitrogens with zero attached hydrogens (tertiary/aromatic N) is 2. The lowest BCUT2D eigenvalue weighted by atomic mass is 9.91. The summed E-state index contributed by atoms with van der Waals surface area (Å²) in [5.74, 6) is 0. The van der Waals surface area contributed by atoms with Gasteiger partial charge in [0.25, 0.3) is 0 Å². The van der Waals surface area contributed by atoms with Crippen LogP contribution in [0.1, 0.15) is 72.9 Å². The van der Waals surface area contributed by atoms with Crippen LogP contribution in [0.5, 0.6) is 0 Å². The standard InChI is InChI=1S/C20H32N2O2/c1-17(2)13-16(20(7,8)21(17)23)24-22-18(3,4)14-11-9-10-12-15(14)19(22,5)6/h9-12,16,23H,13H2,1-8H3. The second kappa shape index (κ2) is 5.04. The van der Waals surface area contributed by atoms with Crippen molar-refractivity contribution in [3.63, 3.8) is 0 Å². The molecule has 0 amide bonds. The van der Waals surface area contributed by atoms with E-state index in [-0.39, 0.29) is 22.7 Å².